The molecule has 0 spiro atoms. The van der Waals surface area contributed by atoms with Gasteiger partial charge in [-0.2, -0.15) is 0 Å². The van der Waals surface area contributed by atoms with E-state index in [2.05, 4.69) is 20.8 Å². The summed E-state index contributed by atoms with van der Waals surface area (Å²) in [5, 5.41) is 14.1. The van der Waals surface area contributed by atoms with Gasteiger partial charge in [0.2, 0.25) is 5.91 Å². The summed E-state index contributed by atoms with van der Waals surface area (Å²) in [6.07, 6.45) is 5.30. The first-order valence-corrected chi connectivity index (χ1v) is 11.3. The zero-order chi connectivity index (χ0) is 21.5. The molecule has 9 heteroatoms. The van der Waals surface area contributed by atoms with Crippen molar-refractivity contribution in [3.05, 3.63) is 30.1 Å². The molecule has 0 unspecified atom stereocenters. The predicted octanol–water partition coefficient (Wildman–Crippen LogP) is 3.99. The van der Waals surface area contributed by atoms with E-state index < -0.39 is 11.9 Å². The van der Waals surface area contributed by atoms with Crippen LogP contribution >= 0.6 is 11.8 Å². The lowest BCUT2D eigenvalue weighted by molar-refractivity contribution is -0.117. The van der Waals surface area contributed by atoms with Crippen molar-refractivity contribution < 1.29 is 14.0 Å². The minimum Gasteiger partial charge on any atom is -0.335 e. The molecule has 30 heavy (non-hydrogen) atoms. The maximum absolute atomic E-state index is 14.3. The Balaban J connectivity index is 1.62. The largest absolute Gasteiger partial charge is 0.335 e. The highest BCUT2D eigenvalue weighted by Crippen LogP contribution is 2.26. The molecule has 3 rings (SSSR count). The Morgan fingerprint density at radius 1 is 1.20 bits per heavy atom. The highest BCUT2D eigenvalue weighted by atomic mass is 32.2. The minimum atomic E-state index is -0.455. The predicted molar refractivity (Wildman–Crippen MR) is 115 cm³/mol. The maximum atomic E-state index is 14.3. The van der Waals surface area contributed by atoms with Gasteiger partial charge in [0, 0.05) is 12.6 Å². The molecule has 162 valence electrons. The van der Waals surface area contributed by atoms with E-state index >= 15 is 0 Å². The number of hydrogen-bond acceptors (Lipinski definition) is 5. The summed E-state index contributed by atoms with van der Waals surface area (Å²) in [5.74, 6) is -0.0462. The van der Waals surface area contributed by atoms with Crippen molar-refractivity contribution in [2.24, 2.45) is 5.92 Å². The molecular weight excluding hydrogens is 405 g/mol. The first-order valence-electron chi connectivity index (χ1n) is 10.3. The van der Waals surface area contributed by atoms with Crippen LogP contribution in [0.1, 0.15) is 46.0 Å². The van der Waals surface area contributed by atoms with Gasteiger partial charge in [0.05, 0.1) is 11.3 Å². The zero-order valence-electron chi connectivity index (χ0n) is 17.4. The van der Waals surface area contributed by atoms with Crippen LogP contribution in [-0.2, 0) is 11.3 Å². The second-order valence-electron chi connectivity index (χ2n) is 7.94. The first kappa shape index (κ1) is 22.3. The Labute approximate surface area is 180 Å². The fourth-order valence-corrected chi connectivity index (χ4v) is 4.28. The Hall–Kier alpha value is -2.42. The van der Waals surface area contributed by atoms with Crippen molar-refractivity contribution in [3.63, 3.8) is 0 Å². The van der Waals surface area contributed by atoms with E-state index in [4.69, 9.17) is 0 Å². The van der Waals surface area contributed by atoms with Crippen LogP contribution in [0.25, 0.3) is 11.4 Å². The van der Waals surface area contributed by atoms with Crippen LogP contribution in [0, 0.1) is 11.7 Å². The fourth-order valence-electron chi connectivity index (χ4n) is 3.53. The summed E-state index contributed by atoms with van der Waals surface area (Å²) in [7, 11) is 0. The quantitative estimate of drug-likeness (QED) is 0.645. The highest BCUT2D eigenvalue weighted by molar-refractivity contribution is 7.99. The standard InChI is InChI=1S/C21H28FN5O2S/c1-14(2)12-27-19(16-10-6-7-11-17(16)22)25-26-21(27)30-13-18(28)24-20(29)23-15-8-4-3-5-9-15/h6-7,10-11,14-15H,3-5,8-9,12-13H2,1-2H3,(H2,23,24,28,29). The second-order valence-corrected chi connectivity index (χ2v) is 8.88. The van der Waals surface area contributed by atoms with Crippen molar-refractivity contribution in [2.75, 3.05) is 5.75 Å². The van der Waals surface area contributed by atoms with Gasteiger partial charge in [-0.3, -0.25) is 10.1 Å². The molecule has 0 atom stereocenters. The van der Waals surface area contributed by atoms with E-state index in [1.54, 1.807) is 18.2 Å². The molecule has 7 nitrogen and oxygen atoms in total. The van der Waals surface area contributed by atoms with Crippen molar-refractivity contribution in [1.29, 1.82) is 0 Å². The number of halogens is 1. The number of imide groups is 1. The number of carbonyl (C=O) groups is 2. The maximum Gasteiger partial charge on any atom is 0.321 e. The topological polar surface area (TPSA) is 88.9 Å². The molecule has 0 aliphatic heterocycles. The molecule has 0 radical (unpaired) electrons. The van der Waals surface area contributed by atoms with Gasteiger partial charge in [0.1, 0.15) is 5.82 Å². The van der Waals surface area contributed by atoms with Gasteiger partial charge in [-0.05, 0) is 30.9 Å². The summed E-state index contributed by atoms with van der Waals surface area (Å²) >= 11 is 1.18. The highest BCUT2D eigenvalue weighted by Gasteiger charge is 2.20. The molecule has 1 saturated carbocycles. The normalized spacial score (nSPS) is 14.7. The fraction of sp³-hybridized carbons (Fsp3) is 0.524. The molecule has 2 aromatic rings. The lowest BCUT2D eigenvalue weighted by atomic mass is 9.96. The van der Waals surface area contributed by atoms with E-state index in [1.165, 1.54) is 24.2 Å². The number of hydrogen-bond donors (Lipinski definition) is 2. The van der Waals surface area contributed by atoms with Crippen molar-refractivity contribution in [1.82, 2.24) is 25.4 Å². The Morgan fingerprint density at radius 2 is 1.93 bits per heavy atom. The van der Waals surface area contributed by atoms with Crippen molar-refractivity contribution in [3.8, 4) is 11.4 Å². The number of rotatable bonds is 7. The molecule has 1 aromatic heterocycles. The third-order valence-corrected chi connectivity index (χ3v) is 5.87. The summed E-state index contributed by atoms with van der Waals surface area (Å²) in [6.45, 7) is 4.67. The van der Waals surface area contributed by atoms with Crippen LogP contribution in [0.3, 0.4) is 0 Å². The number of carbonyl (C=O) groups excluding carboxylic acids is 2. The van der Waals surface area contributed by atoms with Gasteiger partial charge in [0.15, 0.2) is 11.0 Å². The van der Waals surface area contributed by atoms with Gasteiger partial charge in [-0.15, -0.1) is 10.2 Å². The molecule has 1 aromatic carbocycles. The van der Waals surface area contributed by atoms with Crippen molar-refractivity contribution in [2.45, 2.75) is 63.7 Å². The number of thioether (sulfide) groups is 1. The number of nitrogens with zero attached hydrogens (tertiary/aromatic N) is 3. The molecule has 1 aliphatic carbocycles. The molecule has 2 N–H and O–H groups in total. The average molecular weight is 434 g/mol. The molecule has 0 saturated heterocycles. The van der Waals surface area contributed by atoms with E-state index in [1.807, 2.05) is 18.4 Å². The second kappa shape index (κ2) is 10.6. The third-order valence-electron chi connectivity index (χ3n) is 4.91. The third kappa shape index (κ3) is 6.04. The summed E-state index contributed by atoms with van der Waals surface area (Å²) in [5.41, 5.74) is 0.369. The van der Waals surface area contributed by atoms with Crippen LogP contribution in [0.4, 0.5) is 9.18 Å². The summed E-state index contributed by atoms with van der Waals surface area (Å²) < 4.78 is 16.1. The van der Waals surface area contributed by atoms with E-state index in [0.29, 0.717) is 23.1 Å². The van der Waals surface area contributed by atoms with E-state index in [9.17, 15) is 14.0 Å². The van der Waals surface area contributed by atoms with E-state index in [-0.39, 0.29) is 23.5 Å². The molecule has 0 bridgehead atoms. The van der Waals surface area contributed by atoms with Crippen molar-refractivity contribution >= 4 is 23.7 Å². The Kier molecular flexibility index (Phi) is 7.84. The monoisotopic (exact) mass is 433 g/mol. The molecular formula is C21H28FN5O2S. The zero-order valence-corrected chi connectivity index (χ0v) is 18.2. The van der Waals surface area contributed by atoms with Gasteiger partial charge >= 0.3 is 6.03 Å². The lowest BCUT2D eigenvalue weighted by Gasteiger charge is -2.22. The van der Waals surface area contributed by atoms with Crippen LogP contribution in [0.2, 0.25) is 0 Å². The van der Waals surface area contributed by atoms with Crippen LogP contribution in [0.5, 0.6) is 0 Å². The summed E-state index contributed by atoms with van der Waals surface area (Å²) in [6, 6.07) is 6.10. The van der Waals surface area contributed by atoms with Gasteiger partial charge in [-0.1, -0.05) is 57.0 Å². The molecule has 1 heterocycles. The van der Waals surface area contributed by atoms with Crippen LogP contribution < -0.4 is 10.6 Å². The van der Waals surface area contributed by atoms with Gasteiger partial charge in [0.25, 0.3) is 0 Å². The Morgan fingerprint density at radius 3 is 2.63 bits per heavy atom. The number of amides is 3. The van der Waals surface area contributed by atoms with Crippen LogP contribution in [-0.4, -0.2) is 38.5 Å². The smallest absolute Gasteiger partial charge is 0.321 e. The lowest BCUT2D eigenvalue weighted by Crippen LogP contribution is -2.45. The summed E-state index contributed by atoms with van der Waals surface area (Å²) in [4.78, 5) is 24.3. The minimum absolute atomic E-state index is 0.0194. The number of urea groups is 1. The van der Waals surface area contributed by atoms with Crippen LogP contribution in [0.15, 0.2) is 29.4 Å². The van der Waals surface area contributed by atoms with Gasteiger partial charge in [-0.25, -0.2) is 9.18 Å². The number of nitrogens with one attached hydrogen (secondary N) is 2. The molecule has 1 aliphatic rings. The first-order chi connectivity index (χ1) is 14.4. The molecule has 1 fully saturated rings. The van der Waals surface area contributed by atoms with Gasteiger partial charge < -0.3 is 9.88 Å². The number of benzene rings is 1. The number of aromatic nitrogens is 3. The average Bonchev–Trinajstić information content (AvgIpc) is 3.09. The molecule has 3 amide bonds. The SMILES string of the molecule is CC(C)Cn1c(SCC(=O)NC(=O)NC2CCCCC2)nnc1-c1ccccc1F. The van der Waals surface area contributed by atoms with E-state index in [0.717, 1.165) is 25.7 Å². The Bertz CT molecular complexity index is 880.